The second-order valence-electron chi connectivity index (χ2n) is 7.74. The van der Waals surface area contributed by atoms with E-state index in [0.29, 0.717) is 5.82 Å². The Kier molecular flexibility index (Phi) is 5.42. The van der Waals surface area contributed by atoms with E-state index in [9.17, 15) is 9.59 Å². The van der Waals surface area contributed by atoms with Gasteiger partial charge in [-0.3, -0.25) is 9.59 Å². The highest BCUT2D eigenvalue weighted by molar-refractivity contribution is 7.15. The van der Waals surface area contributed by atoms with Crippen LogP contribution < -0.4 is 5.32 Å². The number of benzene rings is 1. The molecular formula is C22H23N3O2S. The molecule has 0 radical (unpaired) electrons. The topological polar surface area (TPSA) is 72.0 Å². The lowest BCUT2D eigenvalue weighted by molar-refractivity contribution is -0.139. The number of hydrogen-bond acceptors (Lipinski definition) is 5. The van der Waals surface area contributed by atoms with Gasteiger partial charge in [-0.15, -0.1) is 11.3 Å². The quantitative estimate of drug-likeness (QED) is 0.630. The van der Waals surface area contributed by atoms with Gasteiger partial charge in [-0.1, -0.05) is 44.5 Å². The summed E-state index contributed by atoms with van der Waals surface area (Å²) in [5.74, 6) is -0.785. The first-order valence-electron chi connectivity index (χ1n) is 9.02. The molecule has 0 aliphatic carbocycles. The molecule has 0 unspecified atom stereocenters. The van der Waals surface area contributed by atoms with Crippen LogP contribution in [0.3, 0.4) is 0 Å². The van der Waals surface area contributed by atoms with Crippen molar-refractivity contribution in [3.63, 3.8) is 0 Å². The van der Waals surface area contributed by atoms with Crippen molar-refractivity contribution in [3.05, 3.63) is 53.2 Å². The number of amides is 1. The number of hydrogen-bond donors (Lipinski definition) is 1. The molecule has 0 aliphatic rings. The van der Waals surface area contributed by atoms with Gasteiger partial charge < -0.3 is 5.32 Å². The van der Waals surface area contributed by atoms with Crippen molar-refractivity contribution >= 4 is 28.8 Å². The maximum Gasteiger partial charge on any atom is 0.293 e. The lowest BCUT2D eigenvalue weighted by Crippen LogP contribution is -2.33. The summed E-state index contributed by atoms with van der Waals surface area (Å²) in [4.78, 5) is 34.3. The summed E-state index contributed by atoms with van der Waals surface area (Å²) < 4.78 is 0. The Bertz CT molecular complexity index is 1050. The molecule has 0 aliphatic heterocycles. The molecule has 0 atom stereocenters. The van der Waals surface area contributed by atoms with E-state index in [4.69, 9.17) is 4.98 Å². The van der Waals surface area contributed by atoms with Gasteiger partial charge in [-0.05, 0) is 37.6 Å². The van der Waals surface area contributed by atoms with Crippen LogP contribution in [0.15, 0.2) is 42.6 Å². The zero-order chi connectivity index (χ0) is 20.5. The second-order valence-corrected chi connectivity index (χ2v) is 8.95. The molecule has 0 saturated heterocycles. The maximum atomic E-state index is 12.2. The smallest absolute Gasteiger partial charge is 0.293 e. The van der Waals surface area contributed by atoms with Crippen molar-refractivity contribution in [2.45, 2.75) is 34.6 Å². The van der Waals surface area contributed by atoms with Gasteiger partial charge in [0.1, 0.15) is 5.82 Å². The minimum atomic E-state index is -0.741. The zero-order valence-corrected chi connectivity index (χ0v) is 17.5. The van der Waals surface area contributed by atoms with Gasteiger partial charge in [0.05, 0.1) is 15.6 Å². The predicted molar refractivity (Wildman–Crippen MR) is 113 cm³/mol. The van der Waals surface area contributed by atoms with Crippen molar-refractivity contribution in [1.29, 1.82) is 0 Å². The number of carbonyl (C=O) groups excluding carboxylic acids is 2. The van der Waals surface area contributed by atoms with Gasteiger partial charge in [0.2, 0.25) is 5.78 Å². The Balaban J connectivity index is 1.95. The number of Topliss-reactive ketones (excluding diaryl/α,β-unsaturated/α-hetero) is 1. The highest BCUT2D eigenvalue weighted by Crippen LogP contribution is 2.37. The fourth-order valence-electron chi connectivity index (χ4n) is 2.76. The average Bonchev–Trinajstić information content (AvgIpc) is 3.02. The third-order valence-corrected chi connectivity index (χ3v) is 5.20. The first-order chi connectivity index (χ1) is 13.1. The number of nitrogens with zero attached hydrogens (tertiary/aromatic N) is 2. The highest BCUT2D eigenvalue weighted by Gasteiger charge is 2.28. The standard InChI is InChI=1S/C22H23N3O2S/c1-13-7-6-8-15(11-13)18-19(28-14(2)24-18)16-9-10-23-17(12-16)25-21(27)20(26)22(3,4)5/h6-12H,1-5H3,(H,23,25,27). The van der Waals surface area contributed by atoms with E-state index in [-0.39, 0.29) is 0 Å². The van der Waals surface area contributed by atoms with E-state index in [1.807, 2.05) is 25.1 Å². The Morgan fingerprint density at radius 1 is 1.04 bits per heavy atom. The lowest BCUT2D eigenvalue weighted by atomic mass is 9.90. The number of aromatic nitrogens is 2. The minimum Gasteiger partial charge on any atom is -0.304 e. The van der Waals surface area contributed by atoms with Crippen molar-refractivity contribution in [1.82, 2.24) is 9.97 Å². The van der Waals surface area contributed by atoms with Crippen LogP contribution in [0.1, 0.15) is 31.3 Å². The molecule has 2 aromatic heterocycles. The summed E-state index contributed by atoms with van der Waals surface area (Å²) in [6, 6.07) is 11.9. The third-order valence-electron chi connectivity index (χ3n) is 4.18. The van der Waals surface area contributed by atoms with Crippen molar-refractivity contribution < 1.29 is 9.59 Å². The van der Waals surface area contributed by atoms with Gasteiger partial charge in [0.25, 0.3) is 5.91 Å². The zero-order valence-electron chi connectivity index (χ0n) is 16.7. The van der Waals surface area contributed by atoms with Gasteiger partial charge >= 0.3 is 0 Å². The van der Waals surface area contributed by atoms with Crippen LogP contribution in [0.2, 0.25) is 0 Å². The van der Waals surface area contributed by atoms with Gasteiger partial charge in [-0.2, -0.15) is 0 Å². The van der Waals surface area contributed by atoms with E-state index >= 15 is 0 Å². The largest absolute Gasteiger partial charge is 0.304 e. The van der Waals surface area contributed by atoms with Gasteiger partial charge in [0, 0.05) is 17.2 Å². The first kappa shape index (κ1) is 19.9. The molecule has 6 heteroatoms. The Hall–Kier alpha value is -2.86. The Morgan fingerprint density at radius 3 is 2.46 bits per heavy atom. The molecule has 0 bridgehead atoms. The van der Waals surface area contributed by atoms with Crippen LogP contribution >= 0.6 is 11.3 Å². The molecule has 1 amide bonds. The Morgan fingerprint density at radius 2 is 1.79 bits per heavy atom. The third kappa shape index (κ3) is 4.34. The number of ketones is 1. The monoisotopic (exact) mass is 393 g/mol. The van der Waals surface area contributed by atoms with Crippen LogP contribution in [-0.2, 0) is 9.59 Å². The van der Waals surface area contributed by atoms with Crippen LogP contribution in [0.4, 0.5) is 5.82 Å². The highest BCUT2D eigenvalue weighted by atomic mass is 32.1. The number of pyridine rings is 1. The fraction of sp³-hybridized carbons (Fsp3) is 0.273. The molecule has 0 spiro atoms. The molecule has 0 fully saturated rings. The van der Waals surface area contributed by atoms with Crippen LogP contribution in [-0.4, -0.2) is 21.7 Å². The van der Waals surface area contributed by atoms with Gasteiger partial charge in [0.15, 0.2) is 0 Å². The SMILES string of the molecule is Cc1cccc(-c2nc(C)sc2-c2ccnc(NC(=O)C(=O)C(C)(C)C)c2)c1. The van der Waals surface area contributed by atoms with Crippen molar-refractivity contribution in [3.8, 4) is 21.7 Å². The number of rotatable bonds is 4. The van der Waals surface area contributed by atoms with Crippen LogP contribution in [0.25, 0.3) is 21.7 Å². The molecule has 1 aromatic carbocycles. The molecular weight excluding hydrogens is 370 g/mol. The summed E-state index contributed by atoms with van der Waals surface area (Å²) in [7, 11) is 0. The number of nitrogens with one attached hydrogen (secondary N) is 1. The van der Waals surface area contributed by atoms with Crippen LogP contribution in [0, 0.1) is 19.3 Å². The predicted octanol–water partition coefficient (Wildman–Crippen LogP) is 5.04. The van der Waals surface area contributed by atoms with E-state index < -0.39 is 17.1 Å². The van der Waals surface area contributed by atoms with E-state index in [0.717, 1.165) is 32.3 Å². The summed E-state index contributed by atoms with van der Waals surface area (Å²) in [5, 5.41) is 3.57. The molecule has 144 valence electrons. The first-order valence-corrected chi connectivity index (χ1v) is 9.83. The van der Waals surface area contributed by atoms with Crippen molar-refractivity contribution in [2.75, 3.05) is 5.32 Å². The number of carbonyl (C=O) groups is 2. The summed E-state index contributed by atoms with van der Waals surface area (Å²) in [5.41, 5.74) is 3.27. The summed E-state index contributed by atoms with van der Waals surface area (Å²) >= 11 is 1.59. The number of anilines is 1. The molecule has 1 N–H and O–H groups in total. The van der Waals surface area contributed by atoms with Crippen LogP contribution in [0.5, 0.6) is 0 Å². The normalized spacial score (nSPS) is 11.3. The number of thiazole rings is 1. The van der Waals surface area contributed by atoms with E-state index in [2.05, 4.69) is 29.4 Å². The number of aryl methyl sites for hydroxylation is 2. The Labute approximate surface area is 168 Å². The molecule has 0 saturated carbocycles. The van der Waals surface area contributed by atoms with E-state index in [1.165, 1.54) is 0 Å². The molecule has 28 heavy (non-hydrogen) atoms. The maximum absolute atomic E-state index is 12.2. The lowest BCUT2D eigenvalue weighted by Gasteiger charge is -2.15. The fourth-order valence-corrected chi connectivity index (χ4v) is 3.70. The summed E-state index contributed by atoms with van der Waals surface area (Å²) in [6.45, 7) is 9.17. The molecule has 3 aromatic rings. The average molecular weight is 394 g/mol. The summed E-state index contributed by atoms with van der Waals surface area (Å²) in [6.07, 6.45) is 1.63. The second kappa shape index (κ2) is 7.64. The molecule has 3 rings (SSSR count). The van der Waals surface area contributed by atoms with E-state index in [1.54, 1.807) is 44.4 Å². The van der Waals surface area contributed by atoms with Crippen molar-refractivity contribution in [2.24, 2.45) is 5.41 Å². The molecule has 5 nitrogen and oxygen atoms in total. The minimum absolute atomic E-state index is 0.348. The molecule has 2 heterocycles. The van der Waals surface area contributed by atoms with Gasteiger partial charge in [-0.25, -0.2) is 9.97 Å².